The molecule has 1 fully saturated rings. The third-order valence-corrected chi connectivity index (χ3v) is 5.46. The van der Waals surface area contributed by atoms with Crippen LogP contribution in [0.3, 0.4) is 0 Å². The van der Waals surface area contributed by atoms with Crippen LogP contribution >= 0.6 is 0 Å². The number of imide groups is 2. The molecule has 158 valence electrons. The van der Waals surface area contributed by atoms with E-state index in [0.717, 1.165) is 38.7 Å². The standard InChI is InChI=1S/C24H23N3O4/c1-14-7-8-15(2)21(10-14)27-16(3)11-18(17(27)4)12-20-22(28)25-24(30)26(23(20)29)13-19-6-5-9-31-19/h5-12H,13H2,1-4H3,(H,25,28,30)/b20-12+. The minimum Gasteiger partial charge on any atom is -0.467 e. The van der Waals surface area contributed by atoms with Crippen LogP contribution in [0.5, 0.6) is 0 Å². The fourth-order valence-electron chi connectivity index (χ4n) is 3.82. The maximum absolute atomic E-state index is 13.0. The van der Waals surface area contributed by atoms with E-state index in [-0.39, 0.29) is 12.1 Å². The normalized spacial score (nSPS) is 15.7. The van der Waals surface area contributed by atoms with Crippen molar-refractivity contribution in [1.29, 1.82) is 0 Å². The maximum Gasteiger partial charge on any atom is 0.331 e. The van der Waals surface area contributed by atoms with Crippen molar-refractivity contribution >= 4 is 23.9 Å². The molecule has 4 rings (SSSR count). The minimum absolute atomic E-state index is 0.0518. The number of furan rings is 1. The Morgan fingerprint density at radius 2 is 1.81 bits per heavy atom. The summed E-state index contributed by atoms with van der Waals surface area (Å²) in [6, 6.07) is 10.7. The number of nitrogens with zero attached hydrogens (tertiary/aromatic N) is 2. The molecular weight excluding hydrogens is 394 g/mol. The molecule has 1 saturated heterocycles. The SMILES string of the molecule is Cc1ccc(C)c(-n2c(C)cc(/C=C3\C(=O)NC(=O)N(Cc4ccco4)C3=O)c2C)c1. The Balaban J connectivity index is 1.74. The van der Waals surface area contributed by atoms with Gasteiger partial charge in [0, 0.05) is 17.1 Å². The van der Waals surface area contributed by atoms with Crippen molar-refractivity contribution in [1.82, 2.24) is 14.8 Å². The molecule has 7 heteroatoms. The summed E-state index contributed by atoms with van der Waals surface area (Å²) in [6.07, 6.45) is 3.01. The molecule has 31 heavy (non-hydrogen) atoms. The van der Waals surface area contributed by atoms with Gasteiger partial charge in [-0.05, 0) is 74.7 Å². The van der Waals surface area contributed by atoms with Gasteiger partial charge in [-0.3, -0.25) is 19.8 Å². The molecule has 4 amide bonds. The molecule has 0 radical (unpaired) electrons. The Morgan fingerprint density at radius 1 is 1.03 bits per heavy atom. The highest BCUT2D eigenvalue weighted by Gasteiger charge is 2.36. The van der Waals surface area contributed by atoms with Gasteiger partial charge < -0.3 is 8.98 Å². The van der Waals surface area contributed by atoms with Gasteiger partial charge in [0.1, 0.15) is 11.3 Å². The first-order valence-corrected chi connectivity index (χ1v) is 9.94. The average molecular weight is 417 g/mol. The van der Waals surface area contributed by atoms with Crippen molar-refractivity contribution in [2.45, 2.75) is 34.2 Å². The Bertz CT molecular complexity index is 1230. The van der Waals surface area contributed by atoms with Gasteiger partial charge in [-0.2, -0.15) is 0 Å². The summed E-state index contributed by atoms with van der Waals surface area (Å²) in [7, 11) is 0. The molecular formula is C24H23N3O4. The highest BCUT2D eigenvalue weighted by atomic mass is 16.3. The highest BCUT2D eigenvalue weighted by Crippen LogP contribution is 2.26. The molecule has 0 saturated carbocycles. The zero-order valence-electron chi connectivity index (χ0n) is 17.9. The zero-order valence-corrected chi connectivity index (χ0v) is 17.9. The van der Waals surface area contributed by atoms with E-state index in [4.69, 9.17) is 4.42 Å². The Morgan fingerprint density at radius 3 is 2.52 bits per heavy atom. The van der Waals surface area contributed by atoms with Gasteiger partial charge in [0.2, 0.25) is 0 Å². The predicted octanol–water partition coefficient (Wildman–Crippen LogP) is 3.97. The number of rotatable bonds is 4. The van der Waals surface area contributed by atoms with Crippen LogP contribution in [0.4, 0.5) is 4.79 Å². The van der Waals surface area contributed by atoms with E-state index < -0.39 is 17.8 Å². The number of urea groups is 1. The molecule has 1 aliphatic rings. The van der Waals surface area contributed by atoms with E-state index in [2.05, 4.69) is 28.1 Å². The van der Waals surface area contributed by atoms with Gasteiger partial charge in [-0.1, -0.05) is 12.1 Å². The number of nitrogens with one attached hydrogen (secondary N) is 1. The number of aryl methyl sites for hydroxylation is 3. The molecule has 1 N–H and O–H groups in total. The smallest absolute Gasteiger partial charge is 0.331 e. The number of aromatic nitrogens is 1. The molecule has 0 spiro atoms. The minimum atomic E-state index is -0.760. The van der Waals surface area contributed by atoms with Crippen LogP contribution in [0.2, 0.25) is 0 Å². The van der Waals surface area contributed by atoms with E-state index in [1.807, 2.05) is 33.8 Å². The van der Waals surface area contributed by atoms with Crippen molar-refractivity contribution in [3.63, 3.8) is 0 Å². The lowest BCUT2D eigenvalue weighted by Crippen LogP contribution is -2.53. The van der Waals surface area contributed by atoms with E-state index >= 15 is 0 Å². The first-order chi connectivity index (χ1) is 14.8. The lowest BCUT2D eigenvalue weighted by atomic mass is 10.1. The zero-order chi connectivity index (χ0) is 22.3. The summed E-state index contributed by atoms with van der Waals surface area (Å²) >= 11 is 0. The largest absolute Gasteiger partial charge is 0.467 e. The number of benzene rings is 1. The van der Waals surface area contributed by atoms with Crippen molar-refractivity contribution < 1.29 is 18.8 Å². The van der Waals surface area contributed by atoms with Gasteiger partial charge in [0.25, 0.3) is 11.8 Å². The highest BCUT2D eigenvalue weighted by molar-refractivity contribution is 6.31. The Labute approximate surface area is 180 Å². The van der Waals surface area contributed by atoms with Crippen LogP contribution in [0, 0.1) is 27.7 Å². The van der Waals surface area contributed by atoms with E-state index in [9.17, 15) is 14.4 Å². The first-order valence-electron chi connectivity index (χ1n) is 9.94. The molecule has 0 atom stereocenters. The molecule has 2 aromatic heterocycles. The second kappa shape index (κ2) is 7.75. The van der Waals surface area contributed by atoms with Crippen LogP contribution < -0.4 is 5.32 Å². The van der Waals surface area contributed by atoms with E-state index in [1.54, 1.807) is 18.2 Å². The quantitative estimate of drug-likeness (QED) is 0.514. The van der Waals surface area contributed by atoms with Crippen molar-refractivity contribution in [2.24, 2.45) is 0 Å². The first kappa shape index (κ1) is 20.4. The lowest BCUT2D eigenvalue weighted by Gasteiger charge is -2.25. The average Bonchev–Trinajstić information content (AvgIpc) is 3.32. The molecule has 3 heterocycles. The Kier molecular flexibility index (Phi) is 5.10. The molecule has 0 unspecified atom stereocenters. The van der Waals surface area contributed by atoms with Crippen LogP contribution in [-0.4, -0.2) is 27.3 Å². The van der Waals surface area contributed by atoms with Crippen molar-refractivity contribution in [3.05, 3.63) is 82.1 Å². The fourth-order valence-corrected chi connectivity index (χ4v) is 3.82. The number of carbonyl (C=O) groups is 3. The molecule has 1 aliphatic heterocycles. The number of barbiturate groups is 1. The van der Waals surface area contributed by atoms with Gasteiger partial charge in [-0.15, -0.1) is 0 Å². The van der Waals surface area contributed by atoms with Gasteiger partial charge in [0.05, 0.1) is 12.8 Å². The predicted molar refractivity (Wildman–Crippen MR) is 115 cm³/mol. The topological polar surface area (TPSA) is 84.6 Å². The molecule has 3 aromatic rings. The third kappa shape index (κ3) is 3.70. The van der Waals surface area contributed by atoms with Gasteiger partial charge >= 0.3 is 6.03 Å². The second-order valence-corrected chi connectivity index (χ2v) is 7.74. The van der Waals surface area contributed by atoms with Crippen molar-refractivity contribution in [3.8, 4) is 5.69 Å². The summed E-state index contributed by atoms with van der Waals surface area (Å²) < 4.78 is 7.34. The monoisotopic (exact) mass is 417 g/mol. The second-order valence-electron chi connectivity index (χ2n) is 7.74. The summed E-state index contributed by atoms with van der Waals surface area (Å²) in [6.45, 7) is 7.95. The summed E-state index contributed by atoms with van der Waals surface area (Å²) in [5.74, 6) is -0.908. The van der Waals surface area contributed by atoms with Gasteiger partial charge in [-0.25, -0.2) is 4.79 Å². The fraction of sp³-hybridized carbons (Fsp3) is 0.208. The van der Waals surface area contributed by atoms with Crippen LogP contribution in [0.1, 0.15) is 33.8 Å². The van der Waals surface area contributed by atoms with Crippen molar-refractivity contribution in [2.75, 3.05) is 0 Å². The summed E-state index contributed by atoms with van der Waals surface area (Å²) in [5, 5.41) is 2.24. The van der Waals surface area contributed by atoms with Crippen LogP contribution in [0.25, 0.3) is 11.8 Å². The third-order valence-electron chi connectivity index (χ3n) is 5.46. The van der Waals surface area contributed by atoms with E-state index in [1.165, 1.54) is 6.26 Å². The molecule has 0 aliphatic carbocycles. The van der Waals surface area contributed by atoms with Crippen LogP contribution in [0.15, 0.2) is 52.7 Å². The maximum atomic E-state index is 13.0. The molecule has 0 bridgehead atoms. The van der Waals surface area contributed by atoms with E-state index in [0.29, 0.717) is 5.76 Å². The van der Waals surface area contributed by atoms with Crippen LogP contribution in [-0.2, 0) is 16.1 Å². The summed E-state index contributed by atoms with van der Waals surface area (Å²) in [5.41, 5.74) is 5.83. The number of amides is 4. The summed E-state index contributed by atoms with van der Waals surface area (Å²) in [4.78, 5) is 38.6. The van der Waals surface area contributed by atoms with Gasteiger partial charge in [0.15, 0.2) is 0 Å². The molecule has 7 nitrogen and oxygen atoms in total. The number of carbonyl (C=O) groups excluding carboxylic acids is 3. The Hall–Kier alpha value is -3.87. The molecule has 1 aromatic carbocycles. The number of hydrogen-bond acceptors (Lipinski definition) is 4. The lowest BCUT2D eigenvalue weighted by molar-refractivity contribution is -0.130. The number of hydrogen-bond donors (Lipinski definition) is 1.